The number of halogens is 1. The maximum atomic E-state index is 12.9. The van der Waals surface area contributed by atoms with Crippen molar-refractivity contribution < 1.29 is 4.79 Å². The first kappa shape index (κ1) is 16.0. The van der Waals surface area contributed by atoms with Crippen LogP contribution >= 0.6 is 22.9 Å². The second-order valence-corrected chi connectivity index (χ2v) is 7.91. The Hall–Kier alpha value is -1.52. The van der Waals surface area contributed by atoms with Gasteiger partial charge in [-0.2, -0.15) is 0 Å². The lowest BCUT2D eigenvalue weighted by Gasteiger charge is -2.36. The molecule has 5 heteroatoms. The number of piperazine rings is 1. The molecule has 1 saturated heterocycles. The van der Waals surface area contributed by atoms with Gasteiger partial charge in [0.15, 0.2) is 0 Å². The van der Waals surface area contributed by atoms with E-state index in [9.17, 15) is 4.79 Å². The summed E-state index contributed by atoms with van der Waals surface area (Å²) in [5.74, 6) is 0.227. The number of nitrogens with zero attached hydrogens (tertiary/aromatic N) is 2. The van der Waals surface area contributed by atoms with Crippen LogP contribution in [0.15, 0.2) is 29.6 Å². The number of thiophene rings is 1. The zero-order valence-corrected chi connectivity index (χ0v) is 15.2. The highest BCUT2D eigenvalue weighted by molar-refractivity contribution is 7.10. The Morgan fingerprint density at radius 3 is 2.46 bits per heavy atom. The molecule has 0 radical (unpaired) electrons. The maximum absolute atomic E-state index is 12.9. The minimum atomic E-state index is 0.227. The lowest BCUT2D eigenvalue weighted by atomic mass is 9.95. The molecule has 0 spiro atoms. The molecule has 0 bridgehead atoms. The Balaban J connectivity index is 1.43. The van der Waals surface area contributed by atoms with Gasteiger partial charge in [-0.1, -0.05) is 11.6 Å². The molecule has 1 aliphatic heterocycles. The predicted molar refractivity (Wildman–Crippen MR) is 101 cm³/mol. The van der Waals surface area contributed by atoms with E-state index in [2.05, 4.69) is 22.4 Å². The van der Waals surface area contributed by atoms with Crippen LogP contribution in [0.5, 0.6) is 0 Å². The largest absolute Gasteiger partial charge is 0.368 e. The van der Waals surface area contributed by atoms with E-state index in [4.69, 9.17) is 11.6 Å². The fourth-order valence-electron chi connectivity index (χ4n) is 3.66. The molecular formula is C19H21ClN2OS. The van der Waals surface area contributed by atoms with Crippen molar-refractivity contribution in [2.24, 2.45) is 0 Å². The van der Waals surface area contributed by atoms with Crippen molar-refractivity contribution in [1.29, 1.82) is 0 Å². The summed E-state index contributed by atoms with van der Waals surface area (Å²) in [6, 6.07) is 7.95. The van der Waals surface area contributed by atoms with Crippen LogP contribution in [0.1, 0.15) is 33.6 Å². The number of aryl methyl sites for hydroxylation is 1. The first-order valence-electron chi connectivity index (χ1n) is 8.61. The van der Waals surface area contributed by atoms with Crippen molar-refractivity contribution in [2.75, 3.05) is 31.1 Å². The highest BCUT2D eigenvalue weighted by Gasteiger charge is 2.26. The molecule has 1 aromatic heterocycles. The molecule has 0 saturated carbocycles. The Kier molecular flexibility index (Phi) is 4.51. The van der Waals surface area contributed by atoms with Crippen molar-refractivity contribution in [2.45, 2.75) is 25.7 Å². The summed E-state index contributed by atoms with van der Waals surface area (Å²) in [6.45, 7) is 3.32. The van der Waals surface area contributed by atoms with Crippen molar-refractivity contribution in [3.8, 4) is 0 Å². The SMILES string of the molecule is O=C(c1csc2c1CCCC2)N1CCN(c2ccc(Cl)cc2)CC1. The van der Waals surface area contributed by atoms with Crippen LogP contribution in [-0.2, 0) is 12.8 Å². The van der Waals surface area contributed by atoms with Gasteiger partial charge in [-0.3, -0.25) is 4.79 Å². The number of rotatable bonds is 2. The van der Waals surface area contributed by atoms with Gasteiger partial charge >= 0.3 is 0 Å². The van der Waals surface area contributed by atoms with Crippen LogP contribution in [0.2, 0.25) is 5.02 Å². The lowest BCUT2D eigenvalue weighted by molar-refractivity contribution is 0.0746. The molecule has 1 aromatic carbocycles. The van der Waals surface area contributed by atoms with Crippen LogP contribution < -0.4 is 4.90 Å². The number of hydrogen-bond donors (Lipinski definition) is 0. The molecule has 4 rings (SSSR count). The smallest absolute Gasteiger partial charge is 0.255 e. The van der Waals surface area contributed by atoms with E-state index >= 15 is 0 Å². The lowest BCUT2D eigenvalue weighted by Crippen LogP contribution is -2.48. The number of benzene rings is 1. The van der Waals surface area contributed by atoms with E-state index in [1.807, 2.05) is 17.0 Å². The summed E-state index contributed by atoms with van der Waals surface area (Å²) in [5.41, 5.74) is 3.48. The molecule has 1 amide bonds. The number of anilines is 1. The van der Waals surface area contributed by atoms with Gasteiger partial charge in [-0.25, -0.2) is 0 Å². The van der Waals surface area contributed by atoms with Gasteiger partial charge in [0.25, 0.3) is 5.91 Å². The Morgan fingerprint density at radius 2 is 1.71 bits per heavy atom. The van der Waals surface area contributed by atoms with E-state index in [-0.39, 0.29) is 5.91 Å². The average Bonchev–Trinajstić information content (AvgIpc) is 3.06. The number of carbonyl (C=O) groups is 1. The van der Waals surface area contributed by atoms with E-state index in [0.29, 0.717) is 0 Å². The Bertz CT molecular complexity index is 732. The van der Waals surface area contributed by atoms with E-state index in [1.54, 1.807) is 11.3 Å². The van der Waals surface area contributed by atoms with Crippen molar-refractivity contribution in [1.82, 2.24) is 4.90 Å². The minimum absolute atomic E-state index is 0.227. The molecule has 2 aromatic rings. The Morgan fingerprint density at radius 1 is 1.00 bits per heavy atom. The third kappa shape index (κ3) is 3.05. The molecule has 2 aliphatic rings. The fraction of sp³-hybridized carbons (Fsp3) is 0.421. The molecule has 2 heterocycles. The third-order valence-electron chi connectivity index (χ3n) is 5.05. The minimum Gasteiger partial charge on any atom is -0.368 e. The van der Waals surface area contributed by atoms with Crippen LogP contribution in [0.4, 0.5) is 5.69 Å². The second-order valence-electron chi connectivity index (χ2n) is 6.51. The quantitative estimate of drug-likeness (QED) is 0.799. The molecule has 1 aliphatic carbocycles. The van der Waals surface area contributed by atoms with Gasteiger partial charge in [0.2, 0.25) is 0 Å². The summed E-state index contributed by atoms with van der Waals surface area (Å²) in [6.07, 6.45) is 4.71. The average molecular weight is 361 g/mol. The van der Waals surface area contributed by atoms with Gasteiger partial charge in [-0.05, 0) is 55.5 Å². The van der Waals surface area contributed by atoms with Crippen molar-refractivity contribution in [3.63, 3.8) is 0 Å². The summed E-state index contributed by atoms with van der Waals surface area (Å²) in [5, 5.41) is 2.85. The van der Waals surface area contributed by atoms with Crippen LogP contribution in [0.3, 0.4) is 0 Å². The van der Waals surface area contributed by atoms with Gasteiger partial charge < -0.3 is 9.80 Å². The Labute approximate surface area is 151 Å². The molecule has 0 N–H and O–H groups in total. The number of carbonyl (C=O) groups excluding carboxylic acids is 1. The van der Waals surface area contributed by atoms with E-state index < -0.39 is 0 Å². The molecular weight excluding hydrogens is 340 g/mol. The standard InChI is InChI=1S/C19H21ClN2OS/c20-14-5-7-15(8-6-14)21-9-11-22(12-10-21)19(23)17-13-24-18-4-2-1-3-16(17)18/h5-8,13H,1-4,9-12H2. The maximum Gasteiger partial charge on any atom is 0.255 e. The first-order chi connectivity index (χ1) is 11.7. The van der Waals surface area contributed by atoms with Crippen LogP contribution in [0.25, 0.3) is 0 Å². The molecule has 1 fully saturated rings. The van der Waals surface area contributed by atoms with Crippen molar-refractivity contribution in [3.05, 3.63) is 50.7 Å². The predicted octanol–water partition coefficient (Wildman–Crippen LogP) is 4.24. The molecule has 0 atom stereocenters. The molecule has 126 valence electrons. The normalized spacial score (nSPS) is 17.7. The van der Waals surface area contributed by atoms with Crippen LogP contribution in [0, 0.1) is 0 Å². The summed E-state index contributed by atoms with van der Waals surface area (Å²) in [4.78, 5) is 18.7. The number of amides is 1. The zero-order valence-electron chi connectivity index (χ0n) is 13.6. The van der Waals surface area contributed by atoms with E-state index in [0.717, 1.165) is 49.6 Å². The highest BCUT2D eigenvalue weighted by Crippen LogP contribution is 2.31. The zero-order chi connectivity index (χ0) is 16.5. The van der Waals surface area contributed by atoms with E-state index in [1.165, 1.54) is 29.0 Å². The fourth-order valence-corrected chi connectivity index (χ4v) is 4.91. The molecule has 24 heavy (non-hydrogen) atoms. The third-order valence-corrected chi connectivity index (χ3v) is 6.39. The number of hydrogen-bond acceptors (Lipinski definition) is 3. The topological polar surface area (TPSA) is 23.6 Å². The van der Waals surface area contributed by atoms with Gasteiger partial charge in [-0.15, -0.1) is 11.3 Å². The summed E-state index contributed by atoms with van der Waals surface area (Å²) >= 11 is 7.73. The first-order valence-corrected chi connectivity index (χ1v) is 9.87. The van der Waals surface area contributed by atoms with Gasteiger partial charge in [0, 0.05) is 47.1 Å². The molecule has 0 unspecified atom stereocenters. The number of fused-ring (bicyclic) bond motifs is 1. The highest BCUT2D eigenvalue weighted by atomic mass is 35.5. The monoisotopic (exact) mass is 360 g/mol. The molecule has 3 nitrogen and oxygen atoms in total. The van der Waals surface area contributed by atoms with Gasteiger partial charge in [0.05, 0.1) is 5.56 Å². The summed E-state index contributed by atoms with van der Waals surface area (Å²) in [7, 11) is 0. The summed E-state index contributed by atoms with van der Waals surface area (Å²) < 4.78 is 0. The second kappa shape index (κ2) is 6.77. The van der Waals surface area contributed by atoms with Crippen molar-refractivity contribution >= 4 is 34.5 Å². The van der Waals surface area contributed by atoms with Gasteiger partial charge in [0.1, 0.15) is 0 Å². The van der Waals surface area contributed by atoms with Crippen LogP contribution in [-0.4, -0.2) is 37.0 Å².